The Morgan fingerprint density at radius 1 is 1.28 bits per heavy atom. The lowest BCUT2D eigenvalue weighted by molar-refractivity contribution is -0.121. The van der Waals surface area contributed by atoms with Crippen LogP contribution in [0.2, 0.25) is 0 Å². The Labute approximate surface area is 109 Å². The van der Waals surface area contributed by atoms with E-state index in [0.717, 1.165) is 11.3 Å². The number of nitriles is 1. The Kier molecular flexibility index (Phi) is 4.49. The summed E-state index contributed by atoms with van der Waals surface area (Å²) in [5.74, 6) is -0.705. The zero-order valence-corrected chi connectivity index (χ0v) is 11.7. The van der Waals surface area contributed by atoms with Crippen molar-refractivity contribution in [2.75, 3.05) is 11.9 Å². The summed E-state index contributed by atoms with van der Waals surface area (Å²) in [6.07, 6.45) is 0. The van der Waals surface area contributed by atoms with Crippen molar-refractivity contribution in [3.63, 3.8) is 0 Å². The summed E-state index contributed by atoms with van der Waals surface area (Å²) in [5, 5.41) is 9.06. The first-order chi connectivity index (χ1) is 8.38. The lowest BCUT2D eigenvalue weighted by Crippen LogP contribution is -2.34. The number of hydrogen-bond acceptors (Lipinski definition) is 2. The third kappa shape index (κ3) is 2.89. The SMILES string of the molecule is Cc1ccc(N(C)C(=O)C(C#N)C(C)C)cc1C. The first kappa shape index (κ1) is 14.2. The Morgan fingerprint density at radius 2 is 1.89 bits per heavy atom. The number of benzene rings is 1. The highest BCUT2D eigenvalue weighted by Crippen LogP contribution is 2.21. The number of carbonyl (C=O) groups excluding carboxylic acids is 1. The van der Waals surface area contributed by atoms with Gasteiger partial charge in [0.2, 0.25) is 5.91 Å². The minimum Gasteiger partial charge on any atom is -0.314 e. The first-order valence-corrected chi connectivity index (χ1v) is 6.13. The molecule has 0 N–H and O–H groups in total. The topological polar surface area (TPSA) is 44.1 Å². The molecule has 3 nitrogen and oxygen atoms in total. The standard InChI is InChI=1S/C15H20N2O/c1-10(2)14(9-16)15(18)17(5)13-7-6-11(3)12(4)8-13/h6-8,10,14H,1-5H3. The van der Waals surface area contributed by atoms with Crippen LogP contribution < -0.4 is 4.90 Å². The van der Waals surface area contributed by atoms with E-state index in [0.29, 0.717) is 0 Å². The predicted molar refractivity (Wildman–Crippen MR) is 73.3 cm³/mol. The first-order valence-electron chi connectivity index (χ1n) is 6.13. The average Bonchev–Trinajstić information content (AvgIpc) is 2.32. The molecule has 0 aliphatic heterocycles. The highest BCUT2D eigenvalue weighted by atomic mass is 16.2. The highest BCUT2D eigenvalue weighted by Gasteiger charge is 2.25. The molecule has 0 aliphatic rings. The molecule has 18 heavy (non-hydrogen) atoms. The van der Waals surface area contributed by atoms with Gasteiger partial charge in [0.05, 0.1) is 6.07 Å². The molecule has 0 saturated carbocycles. The molecule has 0 fully saturated rings. The van der Waals surface area contributed by atoms with Gasteiger partial charge in [-0.15, -0.1) is 0 Å². The minimum absolute atomic E-state index is 0.0245. The Bertz CT molecular complexity index is 486. The summed E-state index contributed by atoms with van der Waals surface area (Å²) >= 11 is 0. The summed E-state index contributed by atoms with van der Waals surface area (Å²) in [6.45, 7) is 7.83. The van der Waals surface area contributed by atoms with Crippen molar-refractivity contribution in [2.24, 2.45) is 11.8 Å². The van der Waals surface area contributed by atoms with Crippen LogP contribution in [0.5, 0.6) is 0 Å². The molecule has 1 aromatic rings. The van der Waals surface area contributed by atoms with E-state index in [2.05, 4.69) is 6.07 Å². The Hall–Kier alpha value is -1.82. The number of nitrogens with zero attached hydrogens (tertiary/aromatic N) is 2. The van der Waals surface area contributed by atoms with Crippen LogP contribution >= 0.6 is 0 Å². The fourth-order valence-electron chi connectivity index (χ4n) is 1.76. The maximum Gasteiger partial charge on any atom is 0.244 e. The van der Waals surface area contributed by atoms with Gasteiger partial charge >= 0.3 is 0 Å². The number of rotatable bonds is 3. The lowest BCUT2D eigenvalue weighted by atomic mass is 9.96. The summed E-state index contributed by atoms with van der Waals surface area (Å²) in [6, 6.07) is 7.96. The van der Waals surface area contributed by atoms with Crippen molar-refractivity contribution in [2.45, 2.75) is 27.7 Å². The van der Waals surface area contributed by atoms with Crippen molar-refractivity contribution in [3.8, 4) is 6.07 Å². The van der Waals surface area contributed by atoms with Gasteiger partial charge < -0.3 is 4.90 Å². The van der Waals surface area contributed by atoms with Crippen LogP contribution in [0.25, 0.3) is 0 Å². The second kappa shape index (κ2) is 5.68. The third-order valence-electron chi connectivity index (χ3n) is 3.28. The van der Waals surface area contributed by atoms with E-state index in [9.17, 15) is 4.79 Å². The molecular formula is C15H20N2O. The lowest BCUT2D eigenvalue weighted by Gasteiger charge is -2.22. The molecule has 1 aromatic carbocycles. The molecule has 0 spiro atoms. The molecule has 0 aromatic heterocycles. The molecule has 0 saturated heterocycles. The van der Waals surface area contributed by atoms with Gasteiger partial charge in [-0.2, -0.15) is 5.26 Å². The number of aryl methyl sites for hydroxylation is 2. The summed E-state index contributed by atoms with van der Waals surface area (Å²) in [4.78, 5) is 13.8. The van der Waals surface area contributed by atoms with Crippen molar-refractivity contribution in [1.82, 2.24) is 0 Å². The van der Waals surface area contributed by atoms with E-state index in [1.807, 2.05) is 45.9 Å². The maximum absolute atomic E-state index is 12.2. The van der Waals surface area contributed by atoms with E-state index >= 15 is 0 Å². The minimum atomic E-state index is -0.586. The van der Waals surface area contributed by atoms with Gasteiger partial charge in [-0.3, -0.25) is 4.79 Å². The maximum atomic E-state index is 12.2. The fraction of sp³-hybridized carbons (Fsp3) is 0.467. The van der Waals surface area contributed by atoms with Gasteiger partial charge in [-0.1, -0.05) is 19.9 Å². The fourth-order valence-corrected chi connectivity index (χ4v) is 1.76. The largest absolute Gasteiger partial charge is 0.314 e. The van der Waals surface area contributed by atoms with Gasteiger partial charge in [0.1, 0.15) is 5.92 Å². The number of carbonyl (C=O) groups is 1. The van der Waals surface area contributed by atoms with E-state index in [1.54, 1.807) is 11.9 Å². The van der Waals surface area contributed by atoms with Crippen molar-refractivity contribution < 1.29 is 4.79 Å². The highest BCUT2D eigenvalue weighted by molar-refractivity contribution is 5.96. The summed E-state index contributed by atoms with van der Waals surface area (Å²) in [7, 11) is 1.72. The van der Waals surface area contributed by atoms with Crippen LogP contribution in [0, 0.1) is 37.0 Å². The molecule has 1 unspecified atom stereocenters. The van der Waals surface area contributed by atoms with Gasteiger partial charge in [-0.05, 0) is 43.0 Å². The number of hydrogen-bond donors (Lipinski definition) is 0. The average molecular weight is 244 g/mol. The smallest absolute Gasteiger partial charge is 0.244 e. The van der Waals surface area contributed by atoms with E-state index in [-0.39, 0.29) is 11.8 Å². The van der Waals surface area contributed by atoms with Crippen LogP contribution in [0.15, 0.2) is 18.2 Å². The van der Waals surface area contributed by atoms with Crippen LogP contribution in [-0.4, -0.2) is 13.0 Å². The van der Waals surface area contributed by atoms with Crippen molar-refractivity contribution >= 4 is 11.6 Å². The summed E-state index contributed by atoms with van der Waals surface area (Å²) < 4.78 is 0. The van der Waals surface area contributed by atoms with Gasteiger partial charge in [0.25, 0.3) is 0 Å². The Balaban J connectivity index is 3.00. The molecule has 96 valence electrons. The molecule has 0 aliphatic carbocycles. The normalized spacial score (nSPS) is 12.1. The molecule has 0 radical (unpaired) electrons. The molecule has 1 amide bonds. The van der Waals surface area contributed by atoms with E-state index in [1.165, 1.54) is 5.56 Å². The second-order valence-electron chi connectivity index (χ2n) is 5.02. The van der Waals surface area contributed by atoms with Crippen LogP contribution in [0.3, 0.4) is 0 Å². The Morgan fingerprint density at radius 3 is 2.33 bits per heavy atom. The quantitative estimate of drug-likeness (QED) is 0.820. The van der Waals surface area contributed by atoms with Crippen molar-refractivity contribution in [1.29, 1.82) is 5.26 Å². The zero-order valence-electron chi connectivity index (χ0n) is 11.7. The predicted octanol–water partition coefficient (Wildman–Crippen LogP) is 3.06. The van der Waals surface area contributed by atoms with E-state index < -0.39 is 5.92 Å². The molecular weight excluding hydrogens is 224 g/mol. The van der Waals surface area contributed by atoms with Crippen molar-refractivity contribution in [3.05, 3.63) is 29.3 Å². The zero-order chi connectivity index (χ0) is 13.9. The van der Waals surface area contributed by atoms with Gasteiger partial charge in [-0.25, -0.2) is 0 Å². The molecule has 0 bridgehead atoms. The monoisotopic (exact) mass is 244 g/mol. The molecule has 3 heteroatoms. The number of amides is 1. The number of anilines is 1. The molecule has 0 heterocycles. The second-order valence-corrected chi connectivity index (χ2v) is 5.02. The summed E-state index contributed by atoms with van der Waals surface area (Å²) in [5.41, 5.74) is 3.18. The van der Waals surface area contributed by atoms with Crippen LogP contribution in [0.1, 0.15) is 25.0 Å². The molecule has 1 atom stereocenters. The van der Waals surface area contributed by atoms with Crippen LogP contribution in [0.4, 0.5) is 5.69 Å². The molecule has 1 rings (SSSR count). The van der Waals surface area contributed by atoms with Gasteiger partial charge in [0.15, 0.2) is 0 Å². The third-order valence-corrected chi connectivity index (χ3v) is 3.28. The van der Waals surface area contributed by atoms with E-state index in [4.69, 9.17) is 5.26 Å². The van der Waals surface area contributed by atoms with Gasteiger partial charge in [0, 0.05) is 12.7 Å². The van der Waals surface area contributed by atoms with Crippen LogP contribution in [-0.2, 0) is 4.79 Å².